The van der Waals surface area contributed by atoms with Gasteiger partial charge in [0.1, 0.15) is 6.04 Å². The largest absolute Gasteiger partial charge is 0.397 e. The van der Waals surface area contributed by atoms with Gasteiger partial charge < -0.3 is 16.0 Å². The maximum atomic E-state index is 11.7. The number of nitrogens with two attached hydrogens (primary N) is 1. The molecule has 1 unspecified atom stereocenters. The van der Waals surface area contributed by atoms with Crippen LogP contribution in [0.2, 0.25) is 0 Å². The smallest absolute Gasteiger partial charge is 0.244 e. The normalized spacial score (nSPS) is 12.8. The minimum absolute atomic E-state index is 0.0911. The summed E-state index contributed by atoms with van der Waals surface area (Å²) in [6.45, 7) is 1.71. The summed E-state index contributed by atoms with van der Waals surface area (Å²) in [5, 5.41) is 2.96. The third kappa shape index (κ3) is 3.85. The van der Waals surface area contributed by atoms with Gasteiger partial charge in [-0.3, -0.25) is 4.79 Å². The van der Waals surface area contributed by atoms with Crippen LogP contribution in [0.25, 0.3) is 0 Å². The number of carbonyl (C=O) groups excluding carboxylic acids is 1. The number of nitrogens with zero attached hydrogens (tertiary/aromatic N) is 1. The molecular formula is C12H19N3O3S. The van der Waals surface area contributed by atoms with Crippen molar-refractivity contribution < 1.29 is 13.2 Å². The SMILES string of the molecule is CC(Nc1ccc(S(C)(=O)=O)cc1N)C(=O)N(C)C. The molecule has 0 saturated carbocycles. The van der Waals surface area contributed by atoms with Crippen molar-refractivity contribution in [3.8, 4) is 0 Å². The molecule has 3 N–H and O–H groups in total. The summed E-state index contributed by atoms with van der Waals surface area (Å²) >= 11 is 0. The molecule has 0 spiro atoms. The van der Waals surface area contributed by atoms with Crippen LogP contribution in [0.4, 0.5) is 11.4 Å². The molecule has 0 aliphatic heterocycles. The molecule has 0 bridgehead atoms. The molecule has 1 amide bonds. The van der Waals surface area contributed by atoms with Crippen molar-refractivity contribution in [2.24, 2.45) is 0 Å². The van der Waals surface area contributed by atoms with E-state index in [0.29, 0.717) is 11.4 Å². The second kappa shape index (κ2) is 5.48. The van der Waals surface area contributed by atoms with Crippen LogP contribution >= 0.6 is 0 Å². The van der Waals surface area contributed by atoms with E-state index in [4.69, 9.17) is 5.73 Å². The fourth-order valence-corrected chi connectivity index (χ4v) is 2.24. The molecule has 1 aromatic rings. The molecule has 7 heteroatoms. The molecule has 106 valence electrons. The predicted molar refractivity (Wildman–Crippen MR) is 75.7 cm³/mol. The third-order valence-electron chi connectivity index (χ3n) is 2.63. The van der Waals surface area contributed by atoms with E-state index in [1.165, 1.54) is 17.0 Å². The Hall–Kier alpha value is -1.76. The van der Waals surface area contributed by atoms with Gasteiger partial charge in [0, 0.05) is 20.4 Å². The summed E-state index contributed by atoms with van der Waals surface area (Å²) in [7, 11) is 0.0434. The number of anilines is 2. The average Bonchev–Trinajstić information content (AvgIpc) is 2.29. The van der Waals surface area contributed by atoms with Gasteiger partial charge in [-0.1, -0.05) is 0 Å². The van der Waals surface area contributed by atoms with E-state index in [0.717, 1.165) is 6.26 Å². The predicted octanol–water partition coefficient (Wildman–Crippen LogP) is 0.561. The van der Waals surface area contributed by atoms with Crippen LogP contribution in [0.1, 0.15) is 6.92 Å². The van der Waals surface area contributed by atoms with Gasteiger partial charge in [0.05, 0.1) is 16.3 Å². The topological polar surface area (TPSA) is 92.5 Å². The second-order valence-corrected chi connectivity index (χ2v) is 6.64. The molecule has 6 nitrogen and oxygen atoms in total. The van der Waals surface area contributed by atoms with Gasteiger partial charge in [-0.25, -0.2) is 8.42 Å². The highest BCUT2D eigenvalue weighted by Gasteiger charge is 2.16. The number of likely N-dealkylation sites (N-methyl/N-ethyl adjacent to an activating group) is 1. The first-order valence-corrected chi connectivity index (χ1v) is 7.59. The molecule has 0 radical (unpaired) electrons. The van der Waals surface area contributed by atoms with Gasteiger partial charge in [-0.15, -0.1) is 0 Å². The van der Waals surface area contributed by atoms with Crippen LogP contribution in [-0.4, -0.2) is 45.6 Å². The van der Waals surface area contributed by atoms with E-state index in [-0.39, 0.29) is 10.8 Å². The summed E-state index contributed by atoms with van der Waals surface area (Å²) in [6, 6.07) is 3.96. The van der Waals surface area contributed by atoms with Crippen LogP contribution < -0.4 is 11.1 Å². The standard InChI is InChI=1S/C12H19N3O3S/c1-8(12(16)15(2)3)14-11-6-5-9(7-10(11)13)19(4,17)18/h5-8,14H,13H2,1-4H3. The molecule has 0 aromatic heterocycles. The van der Waals surface area contributed by atoms with Crippen molar-refractivity contribution in [2.75, 3.05) is 31.4 Å². The first-order chi connectivity index (χ1) is 8.62. The molecule has 0 fully saturated rings. The lowest BCUT2D eigenvalue weighted by Gasteiger charge is -2.20. The van der Waals surface area contributed by atoms with E-state index in [1.807, 2.05) is 0 Å². The Morgan fingerprint density at radius 1 is 1.37 bits per heavy atom. The van der Waals surface area contributed by atoms with E-state index in [2.05, 4.69) is 5.32 Å². The lowest BCUT2D eigenvalue weighted by molar-refractivity contribution is -0.129. The quantitative estimate of drug-likeness (QED) is 0.789. The number of nitrogen functional groups attached to an aromatic ring is 1. The Morgan fingerprint density at radius 3 is 2.37 bits per heavy atom. The molecule has 19 heavy (non-hydrogen) atoms. The summed E-state index contributed by atoms with van der Waals surface area (Å²) in [5.41, 5.74) is 6.62. The summed E-state index contributed by atoms with van der Waals surface area (Å²) in [5.74, 6) is -0.0911. The Balaban J connectivity index is 2.96. The van der Waals surface area contributed by atoms with E-state index in [9.17, 15) is 13.2 Å². The summed E-state index contributed by atoms with van der Waals surface area (Å²) in [4.78, 5) is 13.3. The highest BCUT2D eigenvalue weighted by molar-refractivity contribution is 7.90. The Kier molecular flexibility index (Phi) is 4.41. The highest BCUT2D eigenvalue weighted by atomic mass is 32.2. The Bertz CT molecular complexity index is 582. The molecule has 1 aromatic carbocycles. The summed E-state index contributed by atoms with van der Waals surface area (Å²) in [6.07, 6.45) is 1.12. The third-order valence-corrected chi connectivity index (χ3v) is 3.74. The van der Waals surface area contributed by atoms with Crippen molar-refractivity contribution in [1.29, 1.82) is 0 Å². The van der Waals surface area contributed by atoms with Gasteiger partial charge in [0.15, 0.2) is 9.84 Å². The van der Waals surface area contributed by atoms with Gasteiger partial charge in [-0.2, -0.15) is 0 Å². The molecular weight excluding hydrogens is 266 g/mol. The lowest BCUT2D eigenvalue weighted by atomic mass is 10.2. The highest BCUT2D eigenvalue weighted by Crippen LogP contribution is 2.23. The monoisotopic (exact) mass is 285 g/mol. The van der Waals surface area contributed by atoms with Crippen molar-refractivity contribution in [2.45, 2.75) is 17.9 Å². The fraction of sp³-hybridized carbons (Fsp3) is 0.417. The van der Waals surface area contributed by atoms with Gasteiger partial charge >= 0.3 is 0 Å². The molecule has 0 saturated heterocycles. The summed E-state index contributed by atoms with van der Waals surface area (Å²) < 4.78 is 22.8. The van der Waals surface area contributed by atoms with Gasteiger partial charge in [0.25, 0.3) is 0 Å². The van der Waals surface area contributed by atoms with E-state index in [1.54, 1.807) is 27.1 Å². The number of nitrogens with one attached hydrogen (secondary N) is 1. The maximum Gasteiger partial charge on any atom is 0.244 e. The minimum atomic E-state index is -3.28. The van der Waals surface area contributed by atoms with Crippen LogP contribution in [-0.2, 0) is 14.6 Å². The van der Waals surface area contributed by atoms with E-state index < -0.39 is 15.9 Å². The average molecular weight is 285 g/mol. The van der Waals surface area contributed by atoms with Crippen LogP contribution in [0.15, 0.2) is 23.1 Å². The van der Waals surface area contributed by atoms with Crippen molar-refractivity contribution >= 4 is 27.1 Å². The zero-order valence-corrected chi connectivity index (χ0v) is 12.3. The van der Waals surface area contributed by atoms with Gasteiger partial charge in [0.2, 0.25) is 5.91 Å². The number of rotatable bonds is 4. The number of amides is 1. The number of benzene rings is 1. The first kappa shape index (κ1) is 15.3. The Morgan fingerprint density at radius 2 is 1.95 bits per heavy atom. The zero-order chi connectivity index (χ0) is 14.8. The Labute approximate surface area is 113 Å². The number of hydrogen-bond donors (Lipinski definition) is 2. The van der Waals surface area contributed by atoms with Crippen LogP contribution in [0.5, 0.6) is 0 Å². The molecule has 0 aliphatic rings. The second-order valence-electron chi connectivity index (χ2n) is 4.62. The fourth-order valence-electron chi connectivity index (χ4n) is 1.59. The number of hydrogen-bond acceptors (Lipinski definition) is 5. The van der Waals surface area contributed by atoms with Crippen molar-refractivity contribution in [3.05, 3.63) is 18.2 Å². The van der Waals surface area contributed by atoms with Crippen LogP contribution in [0.3, 0.4) is 0 Å². The minimum Gasteiger partial charge on any atom is -0.397 e. The van der Waals surface area contributed by atoms with Gasteiger partial charge in [-0.05, 0) is 25.1 Å². The molecule has 1 atom stereocenters. The van der Waals surface area contributed by atoms with Crippen molar-refractivity contribution in [3.63, 3.8) is 0 Å². The first-order valence-electron chi connectivity index (χ1n) is 5.70. The number of carbonyl (C=O) groups is 1. The zero-order valence-electron chi connectivity index (χ0n) is 11.5. The number of sulfone groups is 1. The van der Waals surface area contributed by atoms with E-state index >= 15 is 0 Å². The van der Waals surface area contributed by atoms with Crippen LogP contribution in [0, 0.1) is 0 Å². The molecule has 1 rings (SSSR count). The lowest BCUT2D eigenvalue weighted by Crippen LogP contribution is -2.36. The maximum absolute atomic E-state index is 11.7. The molecule has 0 aliphatic carbocycles. The molecule has 0 heterocycles. The van der Waals surface area contributed by atoms with Crippen molar-refractivity contribution in [1.82, 2.24) is 4.90 Å².